The lowest BCUT2D eigenvalue weighted by Gasteiger charge is -2.44. The van der Waals surface area contributed by atoms with Crippen molar-refractivity contribution >= 4 is 0 Å². The summed E-state index contributed by atoms with van der Waals surface area (Å²) in [6, 6.07) is 0. The number of aliphatic hydroxyl groups is 1. The summed E-state index contributed by atoms with van der Waals surface area (Å²) in [7, 11) is 0. The second-order valence-corrected chi connectivity index (χ2v) is 5.12. The highest BCUT2D eigenvalue weighted by atomic mass is 16.3. The van der Waals surface area contributed by atoms with Gasteiger partial charge in [0.1, 0.15) is 0 Å². The van der Waals surface area contributed by atoms with Crippen LogP contribution in [0, 0.1) is 17.3 Å². The van der Waals surface area contributed by atoms with E-state index < -0.39 is 0 Å². The molecule has 1 N–H and O–H groups in total. The smallest absolute Gasteiger partial charge is 0.0547 e. The minimum Gasteiger partial charge on any atom is -0.393 e. The summed E-state index contributed by atoms with van der Waals surface area (Å²) in [6.45, 7) is 8.80. The van der Waals surface area contributed by atoms with Crippen LogP contribution in [-0.4, -0.2) is 11.2 Å². The fraction of sp³-hybridized carbons (Fsp3) is 1.00. The van der Waals surface area contributed by atoms with Crippen molar-refractivity contribution in [3.8, 4) is 0 Å². The van der Waals surface area contributed by atoms with E-state index in [9.17, 15) is 5.11 Å². The van der Waals surface area contributed by atoms with Crippen molar-refractivity contribution in [2.24, 2.45) is 17.3 Å². The highest BCUT2D eigenvalue weighted by Crippen LogP contribution is 2.45. The quantitative estimate of drug-likeness (QED) is 0.641. The molecule has 0 spiro atoms. The van der Waals surface area contributed by atoms with Crippen LogP contribution in [0.2, 0.25) is 0 Å². The number of aliphatic hydroxyl groups excluding tert-OH is 1. The van der Waals surface area contributed by atoms with Gasteiger partial charge >= 0.3 is 0 Å². The SMILES string of the molecule is CC1CCCC(C)(C)C1[C@@H](C)O. The molecule has 0 radical (unpaired) electrons. The summed E-state index contributed by atoms with van der Waals surface area (Å²) >= 11 is 0. The van der Waals surface area contributed by atoms with Crippen LogP contribution in [0.3, 0.4) is 0 Å². The minimum absolute atomic E-state index is 0.143. The van der Waals surface area contributed by atoms with Crippen molar-refractivity contribution in [1.29, 1.82) is 0 Å². The van der Waals surface area contributed by atoms with Crippen LogP contribution in [0.15, 0.2) is 0 Å². The summed E-state index contributed by atoms with van der Waals surface area (Å²) in [6.07, 6.45) is 3.75. The van der Waals surface area contributed by atoms with Gasteiger partial charge in [-0.15, -0.1) is 0 Å². The Kier molecular flexibility index (Phi) is 2.82. The molecule has 2 unspecified atom stereocenters. The van der Waals surface area contributed by atoms with Crippen LogP contribution < -0.4 is 0 Å². The van der Waals surface area contributed by atoms with Crippen molar-refractivity contribution < 1.29 is 5.11 Å². The first-order chi connectivity index (χ1) is 5.45. The van der Waals surface area contributed by atoms with Crippen LogP contribution in [0.5, 0.6) is 0 Å². The fourth-order valence-electron chi connectivity index (χ4n) is 3.12. The molecule has 1 aliphatic carbocycles. The van der Waals surface area contributed by atoms with E-state index in [0.717, 1.165) is 0 Å². The normalized spacial score (nSPS) is 37.8. The highest BCUT2D eigenvalue weighted by molar-refractivity contribution is 4.88. The van der Waals surface area contributed by atoms with E-state index in [0.29, 0.717) is 17.3 Å². The van der Waals surface area contributed by atoms with Gasteiger partial charge in [-0.3, -0.25) is 0 Å². The first-order valence-corrected chi connectivity index (χ1v) is 5.13. The van der Waals surface area contributed by atoms with Crippen LogP contribution in [0.4, 0.5) is 0 Å². The molecule has 0 heterocycles. The molecule has 0 aromatic rings. The molecule has 1 rings (SSSR count). The first-order valence-electron chi connectivity index (χ1n) is 5.13. The predicted octanol–water partition coefficient (Wildman–Crippen LogP) is 2.83. The molecule has 0 aliphatic heterocycles. The Hall–Kier alpha value is -0.0400. The van der Waals surface area contributed by atoms with E-state index in [1.165, 1.54) is 19.3 Å². The molecule has 12 heavy (non-hydrogen) atoms. The molecule has 0 saturated heterocycles. The molecular weight excluding hydrogens is 148 g/mol. The maximum Gasteiger partial charge on any atom is 0.0547 e. The summed E-state index contributed by atoms with van der Waals surface area (Å²) < 4.78 is 0. The molecule has 0 aromatic heterocycles. The van der Waals surface area contributed by atoms with Gasteiger partial charge in [-0.25, -0.2) is 0 Å². The predicted molar refractivity (Wildman–Crippen MR) is 52.0 cm³/mol. The van der Waals surface area contributed by atoms with E-state index in [-0.39, 0.29) is 6.10 Å². The van der Waals surface area contributed by atoms with E-state index in [4.69, 9.17) is 0 Å². The van der Waals surface area contributed by atoms with Gasteiger partial charge in [0.15, 0.2) is 0 Å². The minimum atomic E-state index is -0.143. The average molecular weight is 170 g/mol. The van der Waals surface area contributed by atoms with Crippen molar-refractivity contribution in [2.45, 2.75) is 53.1 Å². The second kappa shape index (κ2) is 3.37. The molecule has 1 fully saturated rings. The molecule has 1 saturated carbocycles. The molecule has 0 aromatic carbocycles. The average Bonchev–Trinajstić information content (AvgIpc) is 1.82. The van der Waals surface area contributed by atoms with E-state index in [1.54, 1.807) is 0 Å². The Bertz CT molecular complexity index is 149. The maximum atomic E-state index is 9.68. The van der Waals surface area contributed by atoms with Crippen LogP contribution in [0.25, 0.3) is 0 Å². The van der Waals surface area contributed by atoms with Gasteiger partial charge in [0, 0.05) is 0 Å². The third kappa shape index (κ3) is 1.82. The monoisotopic (exact) mass is 170 g/mol. The molecule has 1 heteroatoms. The van der Waals surface area contributed by atoms with E-state index in [1.807, 2.05) is 6.92 Å². The first kappa shape index (κ1) is 10.0. The zero-order valence-corrected chi connectivity index (χ0v) is 8.80. The molecule has 1 nitrogen and oxygen atoms in total. The maximum absolute atomic E-state index is 9.68. The Morgan fingerprint density at radius 3 is 2.33 bits per heavy atom. The summed E-state index contributed by atoms with van der Waals surface area (Å²) in [5.41, 5.74) is 0.339. The topological polar surface area (TPSA) is 20.2 Å². The van der Waals surface area contributed by atoms with Gasteiger partial charge in [0.25, 0.3) is 0 Å². The van der Waals surface area contributed by atoms with Gasteiger partial charge < -0.3 is 5.11 Å². The summed E-state index contributed by atoms with van der Waals surface area (Å²) in [4.78, 5) is 0. The van der Waals surface area contributed by atoms with Crippen molar-refractivity contribution in [3.05, 3.63) is 0 Å². The molecule has 72 valence electrons. The third-order valence-electron chi connectivity index (χ3n) is 3.52. The molecule has 0 bridgehead atoms. The fourth-order valence-corrected chi connectivity index (χ4v) is 3.12. The van der Waals surface area contributed by atoms with Gasteiger partial charge in [0.05, 0.1) is 6.10 Å². The number of rotatable bonds is 1. The standard InChI is InChI=1S/C11H22O/c1-8-6-5-7-11(3,4)10(8)9(2)12/h8-10,12H,5-7H2,1-4H3/t8?,9-,10?/m1/s1. The Labute approximate surface area is 76.2 Å². The second-order valence-electron chi connectivity index (χ2n) is 5.12. The largest absolute Gasteiger partial charge is 0.393 e. The molecular formula is C11H22O. The zero-order chi connectivity index (χ0) is 9.35. The van der Waals surface area contributed by atoms with Gasteiger partial charge in [-0.1, -0.05) is 33.6 Å². The van der Waals surface area contributed by atoms with Gasteiger partial charge in [0.2, 0.25) is 0 Å². The summed E-state index contributed by atoms with van der Waals surface area (Å²) in [5.74, 6) is 1.18. The van der Waals surface area contributed by atoms with Crippen LogP contribution >= 0.6 is 0 Å². The Balaban J connectivity index is 2.74. The van der Waals surface area contributed by atoms with Crippen molar-refractivity contribution in [2.75, 3.05) is 0 Å². The molecule has 0 amide bonds. The van der Waals surface area contributed by atoms with Gasteiger partial charge in [-0.05, 0) is 30.6 Å². The lowest BCUT2D eigenvalue weighted by molar-refractivity contribution is -0.0179. The molecule has 1 aliphatic rings. The number of hydrogen-bond acceptors (Lipinski definition) is 1. The van der Waals surface area contributed by atoms with Gasteiger partial charge in [-0.2, -0.15) is 0 Å². The Morgan fingerprint density at radius 2 is 2.00 bits per heavy atom. The van der Waals surface area contributed by atoms with Crippen molar-refractivity contribution in [1.82, 2.24) is 0 Å². The zero-order valence-electron chi connectivity index (χ0n) is 8.80. The third-order valence-corrected chi connectivity index (χ3v) is 3.52. The summed E-state index contributed by atoms with van der Waals surface area (Å²) in [5, 5.41) is 9.68. The van der Waals surface area contributed by atoms with E-state index in [2.05, 4.69) is 20.8 Å². The lowest BCUT2D eigenvalue weighted by atomic mass is 9.62. The van der Waals surface area contributed by atoms with Crippen LogP contribution in [0.1, 0.15) is 47.0 Å². The van der Waals surface area contributed by atoms with Crippen LogP contribution in [-0.2, 0) is 0 Å². The lowest BCUT2D eigenvalue weighted by Crippen LogP contribution is -2.40. The highest BCUT2D eigenvalue weighted by Gasteiger charge is 2.39. The Morgan fingerprint density at radius 1 is 1.42 bits per heavy atom. The van der Waals surface area contributed by atoms with E-state index >= 15 is 0 Å². The molecule has 3 atom stereocenters. The van der Waals surface area contributed by atoms with Crippen molar-refractivity contribution in [3.63, 3.8) is 0 Å². The number of hydrogen-bond donors (Lipinski definition) is 1.